The summed E-state index contributed by atoms with van der Waals surface area (Å²) in [6.07, 6.45) is 0.586. The maximum Gasteiger partial charge on any atom is 0.337 e. The maximum absolute atomic E-state index is 13.3. The molecule has 0 atom stereocenters. The minimum Gasteiger partial charge on any atom is -0.318 e. The molecule has 0 amide bonds. The Bertz CT molecular complexity index is 1670. The number of imidazole rings is 1. The van der Waals surface area contributed by atoms with Crippen LogP contribution in [0.5, 0.6) is 0 Å². The van der Waals surface area contributed by atoms with Crippen molar-refractivity contribution in [3.05, 3.63) is 115 Å². The number of nitrogens with zero attached hydrogens (tertiary/aromatic N) is 4. The Morgan fingerprint density at radius 3 is 2.23 bits per heavy atom. The Morgan fingerprint density at radius 1 is 0.886 bits per heavy atom. The van der Waals surface area contributed by atoms with Gasteiger partial charge in [0, 0.05) is 25.0 Å². The Morgan fingerprint density at radius 2 is 1.57 bits per heavy atom. The van der Waals surface area contributed by atoms with Gasteiger partial charge in [-0.1, -0.05) is 84.7 Å². The number of aryl methyl sites for hydroxylation is 1. The predicted molar refractivity (Wildman–Crippen MR) is 141 cm³/mol. The van der Waals surface area contributed by atoms with Gasteiger partial charge in [-0.15, -0.1) is 0 Å². The second kappa shape index (κ2) is 9.21. The smallest absolute Gasteiger partial charge is 0.318 e. The molecule has 0 N–H and O–H groups in total. The number of halogens is 2. The second-order valence-electron chi connectivity index (χ2n) is 8.28. The summed E-state index contributed by atoms with van der Waals surface area (Å²) in [5, 5.41) is 0.746. The predicted octanol–water partition coefficient (Wildman–Crippen LogP) is 5.47. The lowest BCUT2D eigenvalue weighted by Crippen LogP contribution is -2.38. The van der Waals surface area contributed by atoms with Gasteiger partial charge in [-0.05, 0) is 34.9 Å². The standard InChI is InChI=1S/C27H22Cl2N4O2/c1-3-23-30-25-24(26(34)31(2)27(35)33(25)22-14-13-20(28)15-21(22)29)32(23)16-17-9-11-19(12-10-17)18-7-5-4-6-8-18/h4-15H,3,16H2,1-2H3. The first-order chi connectivity index (χ1) is 16.9. The fourth-order valence-corrected chi connectivity index (χ4v) is 4.77. The Kier molecular flexibility index (Phi) is 6.09. The minimum atomic E-state index is -0.522. The van der Waals surface area contributed by atoms with E-state index in [4.69, 9.17) is 28.2 Å². The van der Waals surface area contributed by atoms with Crippen molar-refractivity contribution in [2.75, 3.05) is 0 Å². The van der Waals surface area contributed by atoms with Gasteiger partial charge in [0.2, 0.25) is 0 Å². The Labute approximate surface area is 211 Å². The van der Waals surface area contributed by atoms with Crippen LogP contribution >= 0.6 is 23.2 Å². The van der Waals surface area contributed by atoms with Gasteiger partial charge in [-0.3, -0.25) is 9.36 Å². The summed E-state index contributed by atoms with van der Waals surface area (Å²) in [6, 6.07) is 23.2. The van der Waals surface area contributed by atoms with Crippen LogP contribution in [-0.2, 0) is 20.0 Å². The molecule has 0 bridgehead atoms. The van der Waals surface area contributed by atoms with Gasteiger partial charge in [0.15, 0.2) is 11.2 Å². The lowest BCUT2D eigenvalue weighted by molar-refractivity contribution is 0.725. The Balaban J connectivity index is 1.67. The van der Waals surface area contributed by atoms with E-state index in [2.05, 4.69) is 24.3 Å². The zero-order valence-corrected chi connectivity index (χ0v) is 20.7. The zero-order chi connectivity index (χ0) is 24.7. The van der Waals surface area contributed by atoms with E-state index in [1.807, 2.05) is 41.8 Å². The summed E-state index contributed by atoms with van der Waals surface area (Å²) in [6.45, 7) is 2.41. The highest BCUT2D eigenvalue weighted by Gasteiger charge is 2.22. The SMILES string of the molecule is CCc1nc2c(c(=O)n(C)c(=O)n2-c2ccc(Cl)cc2Cl)n1Cc1ccc(-c2ccccc2)cc1. The van der Waals surface area contributed by atoms with Crippen molar-refractivity contribution in [1.29, 1.82) is 0 Å². The fourth-order valence-electron chi connectivity index (χ4n) is 4.27. The minimum absolute atomic E-state index is 0.278. The summed E-state index contributed by atoms with van der Waals surface area (Å²) in [7, 11) is 1.46. The number of hydrogen-bond acceptors (Lipinski definition) is 3. The lowest BCUT2D eigenvalue weighted by atomic mass is 10.0. The van der Waals surface area contributed by atoms with Crippen LogP contribution in [0.15, 0.2) is 82.4 Å². The highest BCUT2D eigenvalue weighted by atomic mass is 35.5. The Hall–Kier alpha value is -3.61. The number of fused-ring (bicyclic) bond motifs is 1. The van der Waals surface area contributed by atoms with Gasteiger partial charge < -0.3 is 4.57 Å². The molecule has 0 spiro atoms. The van der Waals surface area contributed by atoms with Crippen molar-refractivity contribution in [3.8, 4) is 16.8 Å². The first-order valence-corrected chi connectivity index (χ1v) is 12.0. The van der Waals surface area contributed by atoms with Crippen molar-refractivity contribution in [2.24, 2.45) is 7.05 Å². The molecule has 5 aromatic rings. The van der Waals surface area contributed by atoms with E-state index in [0.29, 0.717) is 40.0 Å². The van der Waals surface area contributed by atoms with Gasteiger partial charge in [0.05, 0.1) is 10.7 Å². The molecular weight excluding hydrogens is 483 g/mol. The van der Waals surface area contributed by atoms with Crippen molar-refractivity contribution in [3.63, 3.8) is 0 Å². The molecule has 3 aromatic carbocycles. The highest BCUT2D eigenvalue weighted by Crippen LogP contribution is 2.26. The van der Waals surface area contributed by atoms with Crippen LogP contribution in [0.4, 0.5) is 0 Å². The average molecular weight is 505 g/mol. The fraction of sp³-hybridized carbons (Fsp3) is 0.148. The van der Waals surface area contributed by atoms with Crippen LogP contribution in [0.2, 0.25) is 10.0 Å². The van der Waals surface area contributed by atoms with Crippen LogP contribution in [0, 0.1) is 0 Å². The molecule has 2 heterocycles. The third-order valence-electron chi connectivity index (χ3n) is 6.09. The summed E-state index contributed by atoms with van der Waals surface area (Å²) < 4.78 is 4.35. The zero-order valence-electron chi connectivity index (χ0n) is 19.2. The summed E-state index contributed by atoms with van der Waals surface area (Å²) in [4.78, 5) is 31.2. The number of rotatable bonds is 5. The largest absolute Gasteiger partial charge is 0.337 e. The molecule has 35 heavy (non-hydrogen) atoms. The molecule has 0 radical (unpaired) electrons. The van der Waals surface area contributed by atoms with Crippen molar-refractivity contribution in [1.82, 2.24) is 18.7 Å². The van der Waals surface area contributed by atoms with Crippen LogP contribution in [0.25, 0.3) is 28.0 Å². The molecule has 6 nitrogen and oxygen atoms in total. The van der Waals surface area contributed by atoms with Crippen LogP contribution in [-0.4, -0.2) is 18.7 Å². The molecule has 8 heteroatoms. The molecule has 0 aliphatic heterocycles. The van der Waals surface area contributed by atoms with Crippen LogP contribution in [0.1, 0.15) is 18.3 Å². The van der Waals surface area contributed by atoms with Gasteiger partial charge in [-0.2, -0.15) is 0 Å². The highest BCUT2D eigenvalue weighted by molar-refractivity contribution is 6.35. The van der Waals surface area contributed by atoms with Gasteiger partial charge in [-0.25, -0.2) is 14.3 Å². The van der Waals surface area contributed by atoms with E-state index in [1.165, 1.54) is 11.6 Å². The van der Waals surface area contributed by atoms with Gasteiger partial charge in [0.25, 0.3) is 5.56 Å². The third-order valence-corrected chi connectivity index (χ3v) is 6.63. The molecule has 176 valence electrons. The maximum atomic E-state index is 13.3. The van der Waals surface area contributed by atoms with Crippen LogP contribution < -0.4 is 11.2 Å². The molecule has 0 saturated heterocycles. The summed E-state index contributed by atoms with van der Waals surface area (Å²) >= 11 is 12.5. The second-order valence-corrected chi connectivity index (χ2v) is 9.12. The van der Waals surface area contributed by atoms with Crippen molar-refractivity contribution < 1.29 is 0 Å². The molecular formula is C27H22Cl2N4O2. The third kappa shape index (κ3) is 4.09. The molecule has 0 unspecified atom stereocenters. The first kappa shape index (κ1) is 23.1. The molecule has 0 fully saturated rings. The van der Waals surface area contributed by atoms with Gasteiger partial charge in [0.1, 0.15) is 5.82 Å². The molecule has 0 aliphatic rings. The van der Waals surface area contributed by atoms with E-state index in [1.54, 1.807) is 18.2 Å². The summed E-state index contributed by atoms with van der Waals surface area (Å²) in [5.41, 5.74) is 3.39. The number of hydrogen-bond donors (Lipinski definition) is 0. The summed E-state index contributed by atoms with van der Waals surface area (Å²) in [5.74, 6) is 0.702. The van der Waals surface area contributed by atoms with E-state index in [0.717, 1.165) is 21.3 Å². The first-order valence-electron chi connectivity index (χ1n) is 11.2. The van der Waals surface area contributed by atoms with Crippen LogP contribution in [0.3, 0.4) is 0 Å². The van der Waals surface area contributed by atoms with Crippen molar-refractivity contribution >= 4 is 34.4 Å². The monoisotopic (exact) mass is 504 g/mol. The van der Waals surface area contributed by atoms with E-state index in [-0.39, 0.29) is 5.65 Å². The van der Waals surface area contributed by atoms with Gasteiger partial charge >= 0.3 is 5.69 Å². The average Bonchev–Trinajstić information content (AvgIpc) is 3.23. The number of aromatic nitrogens is 4. The van der Waals surface area contributed by atoms with E-state index >= 15 is 0 Å². The molecule has 2 aromatic heterocycles. The normalized spacial score (nSPS) is 11.3. The molecule has 0 aliphatic carbocycles. The number of benzene rings is 3. The van der Waals surface area contributed by atoms with Crippen molar-refractivity contribution in [2.45, 2.75) is 19.9 Å². The van der Waals surface area contributed by atoms with E-state index < -0.39 is 11.2 Å². The quantitative estimate of drug-likeness (QED) is 0.318. The van der Waals surface area contributed by atoms with E-state index in [9.17, 15) is 9.59 Å². The molecule has 5 rings (SSSR count). The lowest BCUT2D eigenvalue weighted by Gasteiger charge is -2.12. The molecule has 0 saturated carbocycles. The topological polar surface area (TPSA) is 61.8 Å².